The SMILES string of the molecule is Cc1c(Br)c(C(=O)N2CCN(Cc3ccc(F)cc3Cl)CC2)nn1C. The number of halogens is 3. The lowest BCUT2D eigenvalue weighted by molar-refractivity contribution is 0.0621. The normalized spacial score (nSPS) is 15.6. The van der Waals surface area contributed by atoms with Crippen LogP contribution < -0.4 is 0 Å². The van der Waals surface area contributed by atoms with Crippen LogP contribution in [0.25, 0.3) is 0 Å². The number of benzene rings is 1. The van der Waals surface area contributed by atoms with Gasteiger partial charge in [-0.2, -0.15) is 5.10 Å². The minimum absolute atomic E-state index is 0.0601. The van der Waals surface area contributed by atoms with Gasteiger partial charge in [-0.15, -0.1) is 0 Å². The first-order valence-corrected chi connectivity index (χ1v) is 9.18. The fourth-order valence-electron chi connectivity index (χ4n) is 2.87. The summed E-state index contributed by atoms with van der Waals surface area (Å²) in [6.45, 7) is 5.29. The van der Waals surface area contributed by atoms with Gasteiger partial charge in [0.2, 0.25) is 0 Å². The molecule has 1 aromatic heterocycles. The van der Waals surface area contributed by atoms with Crippen molar-refractivity contribution in [1.82, 2.24) is 19.6 Å². The molecule has 0 spiro atoms. The number of aromatic nitrogens is 2. The Labute approximate surface area is 159 Å². The lowest BCUT2D eigenvalue weighted by Gasteiger charge is -2.34. The molecule has 1 fully saturated rings. The molecule has 2 aromatic rings. The van der Waals surface area contributed by atoms with Gasteiger partial charge in [-0.1, -0.05) is 17.7 Å². The molecule has 2 heterocycles. The van der Waals surface area contributed by atoms with Crippen molar-refractivity contribution in [2.45, 2.75) is 13.5 Å². The quantitative estimate of drug-likeness (QED) is 0.752. The van der Waals surface area contributed by atoms with Crippen molar-refractivity contribution in [2.24, 2.45) is 7.05 Å². The van der Waals surface area contributed by atoms with Crippen molar-refractivity contribution in [3.63, 3.8) is 0 Å². The third kappa shape index (κ3) is 3.88. The minimum Gasteiger partial charge on any atom is -0.335 e. The third-order valence-electron chi connectivity index (χ3n) is 4.53. The molecular weight excluding hydrogens is 411 g/mol. The number of carbonyl (C=O) groups is 1. The molecule has 8 heteroatoms. The first kappa shape index (κ1) is 18.4. The van der Waals surface area contributed by atoms with E-state index in [1.165, 1.54) is 12.1 Å². The van der Waals surface area contributed by atoms with Gasteiger partial charge < -0.3 is 4.90 Å². The molecule has 1 aliphatic heterocycles. The maximum atomic E-state index is 13.1. The molecule has 134 valence electrons. The largest absolute Gasteiger partial charge is 0.335 e. The zero-order chi connectivity index (χ0) is 18.1. The Hall–Kier alpha value is -1.44. The summed E-state index contributed by atoms with van der Waals surface area (Å²) in [5.74, 6) is -0.393. The highest BCUT2D eigenvalue weighted by atomic mass is 79.9. The van der Waals surface area contributed by atoms with Crippen LogP contribution in [0.2, 0.25) is 5.02 Å². The fraction of sp³-hybridized carbons (Fsp3) is 0.412. The van der Waals surface area contributed by atoms with E-state index in [0.717, 1.165) is 28.8 Å². The second-order valence-electron chi connectivity index (χ2n) is 6.18. The summed E-state index contributed by atoms with van der Waals surface area (Å²) in [7, 11) is 1.82. The van der Waals surface area contributed by atoms with Gasteiger partial charge in [-0.3, -0.25) is 14.4 Å². The second-order valence-corrected chi connectivity index (χ2v) is 7.38. The molecular formula is C17H19BrClFN4O. The number of piperazine rings is 1. The van der Waals surface area contributed by atoms with E-state index < -0.39 is 0 Å². The summed E-state index contributed by atoms with van der Waals surface area (Å²) < 4.78 is 15.6. The second kappa shape index (κ2) is 7.43. The fourth-order valence-corrected chi connectivity index (χ4v) is 3.60. The molecule has 1 aromatic carbocycles. The molecule has 0 unspecified atom stereocenters. The number of nitrogens with zero attached hydrogens (tertiary/aromatic N) is 4. The summed E-state index contributed by atoms with van der Waals surface area (Å²) in [6.07, 6.45) is 0. The van der Waals surface area contributed by atoms with Gasteiger partial charge in [-0.05, 0) is 40.5 Å². The van der Waals surface area contributed by atoms with Gasteiger partial charge in [0.1, 0.15) is 5.82 Å². The van der Waals surface area contributed by atoms with Crippen LogP contribution in [0.5, 0.6) is 0 Å². The molecule has 1 amide bonds. The Morgan fingerprint density at radius 1 is 1.32 bits per heavy atom. The van der Waals surface area contributed by atoms with Crippen LogP contribution in [-0.2, 0) is 13.6 Å². The molecule has 0 aliphatic carbocycles. The van der Waals surface area contributed by atoms with Crippen LogP contribution >= 0.6 is 27.5 Å². The van der Waals surface area contributed by atoms with E-state index in [4.69, 9.17) is 11.6 Å². The van der Waals surface area contributed by atoms with Crippen molar-refractivity contribution < 1.29 is 9.18 Å². The summed E-state index contributed by atoms with van der Waals surface area (Å²) in [5.41, 5.74) is 2.27. The van der Waals surface area contributed by atoms with Crippen molar-refractivity contribution in [1.29, 1.82) is 0 Å². The summed E-state index contributed by atoms with van der Waals surface area (Å²) in [4.78, 5) is 16.7. The van der Waals surface area contributed by atoms with Crippen LogP contribution in [0.1, 0.15) is 21.7 Å². The van der Waals surface area contributed by atoms with Crippen molar-refractivity contribution >= 4 is 33.4 Å². The van der Waals surface area contributed by atoms with E-state index in [1.54, 1.807) is 10.7 Å². The van der Waals surface area contributed by atoms with E-state index in [2.05, 4.69) is 25.9 Å². The predicted molar refractivity (Wildman–Crippen MR) is 98.2 cm³/mol. The number of aryl methyl sites for hydroxylation is 1. The van der Waals surface area contributed by atoms with Crippen LogP contribution in [-0.4, -0.2) is 51.7 Å². The number of amides is 1. The van der Waals surface area contributed by atoms with E-state index in [9.17, 15) is 9.18 Å². The smallest absolute Gasteiger partial charge is 0.275 e. The summed E-state index contributed by atoms with van der Waals surface area (Å²) in [6, 6.07) is 4.46. The number of hydrogen-bond acceptors (Lipinski definition) is 3. The van der Waals surface area contributed by atoms with Crippen molar-refractivity contribution in [2.75, 3.05) is 26.2 Å². The first-order chi connectivity index (χ1) is 11.9. The lowest BCUT2D eigenvalue weighted by Crippen LogP contribution is -2.48. The molecule has 0 N–H and O–H groups in total. The molecule has 1 aliphatic rings. The van der Waals surface area contributed by atoms with E-state index in [0.29, 0.717) is 30.4 Å². The highest BCUT2D eigenvalue weighted by Gasteiger charge is 2.26. The maximum absolute atomic E-state index is 13.1. The Balaban J connectivity index is 1.61. The van der Waals surface area contributed by atoms with Gasteiger partial charge in [0.25, 0.3) is 5.91 Å². The molecule has 3 rings (SSSR count). The molecule has 25 heavy (non-hydrogen) atoms. The maximum Gasteiger partial charge on any atom is 0.275 e. The molecule has 5 nitrogen and oxygen atoms in total. The topological polar surface area (TPSA) is 41.4 Å². The van der Waals surface area contributed by atoms with Gasteiger partial charge in [0, 0.05) is 44.8 Å². The molecule has 1 saturated heterocycles. The highest BCUT2D eigenvalue weighted by molar-refractivity contribution is 9.10. The summed E-state index contributed by atoms with van der Waals surface area (Å²) in [5, 5.41) is 4.74. The van der Waals surface area contributed by atoms with Crippen LogP contribution in [0.3, 0.4) is 0 Å². The Morgan fingerprint density at radius 3 is 2.56 bits per heavy atom. The third-order valence-corrected chi connectivity index (χ3v) is 5.83. The van der Waals surface area contributed by atoms with Crippen molar-refractivity contribution in [3.05, 3.63) is 50.5 Å². The van der Waals surface area contributed by atoms with Gasteiger partial charge in [0.05, 0.1) is 10.2 Å². The number of hydrogen-bond donors (Lipinski definition) is 0. The Morgan fingerprint density at radius 2 is 2.00 bits per heavy atom. The number of carbonyl (C=O) groups excluding carboxylic acids is 1. The number of rotatable bonds is 3. The standard InChI is InChI=1S/C17H19BrClFN4O/c1-11-15(18)16(21-22(11)2)17(25)24-7-5-23(6-8-24)10-12-3-4-13(20)9-14(12)19/h3-4,9H,5-8,10H2,1-2H3. The minimum atomic E-state index is -0.333. The Bertz CT molecular complexity index is 802. The van der Waals surface area contributed by atoms with Gasteiger partial charge >= 0.3 is 0 Å². The average Bonchev–Trinajstić information content (AvgIpc) is 2.85. The zero-order valence-corrected chi connectivity index (χ0v) is 16.4. The lowest BCUT2D eigenvalue weighted by atomic mass is 10.2. The Kier molecular flexibility index (Phi) is 5.46. The zero-order valence-electron chi connectivity index (χ0n) is 14.1. The highest BCUT2D eigenvalue weighted by Crippen LogP contribution is 2.23. The molecule has 0 saturated carbocycles. The summed E-state index contributed by atoms with van der Waals surface area (Å²) >= 11 is 9.55. The van der Waals surface area contributed by atoms with E-state index >= 15 is 0 Å². The molecule has 0 atom stereocenters. The van der Waals surface area contributed by atoms with Crippen LogP contribution in [0, 0.1) is 12.7 Å². The van der Waals surface area contributed by atoms with Gasteiger partial charge in [0.15, 0.2) is 5.69 Å². The molecule has 0 radical (unpaired) electrons. The predicted octanol–water partition coefficient (Wildman–Crippen LogP) is 3.24. The van der Waals surface area contributed by atoms with Gasteiger partial charge in [-0.25, -0.2) is 4.39 Å². The van der Waals surface area contributed by atoms with Crippen LogP contribution in [0.4, 0.5) is 4.39 Å². The van der Waals surface area contributed by atoms with E-state index in [-0.39, 0.29) is 11.7 Å². The van der Waals surface area contributed by atoms with E-state index in [1.807, 2.05) is 18.9 Å². The molecule has 0 bridgehead atoms. The monoisotopic (exact) mass is 428 g/mol. The first-order valence-electron chi connectivity index (χ1n) is 8.01. The average molecular weight is 430 g/mol. The van der Waals surface area contributed by atoms with Crippen molar-refractivity contribution in [3.8, 4) is 0 Å². The van der Waals surface area contributed by atoms with Crippen LogP contribution in [0.15, 0.2) is 22.7 Å².